The number of hydrogen-bond acceptors (Lipinski definition) is 3. The first kappa shape index (κ1) is 13.9. The van der Waals surface area contributed by atoms with Gasteiger partial charge in [0.15, 0.2) is 0 Å². The number of thiocarbonyl (C=S) groups is 1. The average Bonchev–Trinajstić information content (AvgIpc) is 2.97. The van der Waals surface area contributed by atoms with Crippen molar-refractivity contribution in [1.82, 2.24) is 4.98 Å². The van der Waals surface area contributed by atoms with Gasteiger partial charge in [0.25, 0.3) is 0 Å². The fraction of sp³-hybridized carbons (Fsp3) is 0.333. The highest BCUT2D eigenvalue weighted by atomic mass is 32.1. The Kier molecular flexibility index (Phi) is 3.43. The van der Waals surface area contributed by atoms with Crippen LogP contribution < -0.4 is 10.6 Å². The topological polar surface area (TPSA) is 42.1 Å². The number of hydrogen-bond donors (Lipinski definition) is 1. The second kappa shape index (κ2) is 5.45. The number of nitrogens with zero attached hydrogens (tertiary/aromatic N) is 2. The van der Waals surface area contributed by atoms with Crippen molar-refractivity contribution in [2.75, 3.05) is 18.0 Å². The quantitative estimate of drug-likeness (QED) is 0.885. The SMILES string of the molecule is NCCc1ccncc1-c1cc2c3c(c1)CCN3C(=S)CC2. The number of pyridine rings is 1. The van der Waals surface area contributed by atoms with Crippen molar-refractivity contribution >= 4 is 22.9 Å². The van der Waals surface area contributed by atoms with Crippen LogP contribution in [0, 0.1) is 0 Å². The van der Waals surface area contributed by atoms with Gasteiger partial charge in [-0.3, -0.25) is 4.98 Å². The molecule has 2 aliphatic rings. The Morgan fingerprint density at radius 3 is 2.82 bits per heavy atom. The molecule has 0 unspecified atom stereocenters. The van der Waals surface area contributed by atoms with Gasteiger partial charge in [-0.15, -0.1) is 0 Å². The molecular formula is C18H19N3S. The molecule has 2 aliphatic heterocycles. The van der Waals surface area contributed by atoms with Crippen molar-refractivity contribution in [1.29, 1.82) is 0 Å². The van der Waals surface area contributed by atoms with Crippen LogP contribution in [0.4, 0.5) is 5.69 Å². The van der Waals surface area contributed by atoms with Gasteiger partial charge in [-0.2, -0.15) is 0 Å². The van der Waals surface area contributed by atoms with Crippen LogP contribution in [-0.4, -0.2) is 23.1 Å². The van der Waals surface area contributed by atoms with Gasteiger partial charge in [0.05, 0.1) is 4.99 Å². The van der Waals surface area contributed by atoms with Gasteiger partial charge in [0.1, 0.15) is 0 Å². The Hall–Kier alpha value is -1.78. The number of nitrogens with two attached hydrogens (primary N) is 1. The summed E-state index contributed by atoms with van der Waals surface area (Å²) in [7, 11) is 0. The van der Waals surface area contributed by atoms with Crippen molar-refractivity contribution < 1.29 is 0 Å². The molecule has 0 radical (unpaired) electrons. The van der Waals surface area contributed by atoms with Gasteiger partial charge in [0, 0.05) is 36.6 Å². The van der Waals surface area contributed by atoms with Crippen LogP contribution in [-0.2, 0) is 19.3 Å². The van der Waals surface area contributed by atoms with E-state index in [1.807, 2.05) is 12.4 Å². The summed E-state index contributed by atoms with van der Waals surface area (Å²) in [6.07, 6.45) is 7.85. The summed E-state index contributed by atoms with van der Waals surface area (Å²) >= 11 is 5.52. The number of aryl methyl sites for hydroxylation is 1. The van der Waals surface area contributed by atoms with E-state index < -0.39 is 0 Å². The predicted molar refractivity (Wildman–Crippen MR) is 94.4 cm³/mol. The molecular weight excluding hydrogens is 290 g/mol. The van der Waals surface area contributed by atoms with Gasteiger partial charge in [0.2, 0.25) is 0 Å². The fourth-order valence-corrected chi connectivity index (χ4v) is 3.95. The molecule has 1 aromatic carbocycles. The van der Waals surface area contributed by atoms with Crippen molar-refractivity contribution in [3.05, 3.63) is 47.3 Å². The summed E-state index contributed by atoms with van der Waals surface area (Å²) in [4.78, 5) is 7.75. The van der Waals surface area contributed by atoms with Crippen molar-refractivity contribution in [2.45, 2.75) is 25.7 Å². The smallest absolute Gasteiger partial charge is 0.0827 e. The predicted octanol–water partition coefficient (Wildman–Crippen LogP) is 2.89. The van der Waals surface area contributed by atoms with Gasteiger partial charge in [-0.25, -0.2) is 0 Å². The third-order valence-corrected chi connectivity index (χ3v) is 5.11. The number of anilines is 1. The van der Waals surface area contributed by atoms with E-state index in [0.29, 0.717) is 6.54 Å². The summed E-state index contributed by atoms with van der Waals surface area (Å²) in [5.41, 5.74) is 13.8. The summed E-state index contributed by atoms with van der Waals surface area (Å²) in [6, 6.07) is 6.74. The van der Waals surface area contributed by atoms with Crippen molar-refractivity contribution in [3.63, 3.8) is 0 Å². The molecule has 0 spiro atoms. The van der Waals surface area contributed by atoms with Crippen molar-refractivity contribution in [3.8, 4) is 11.1 Å². The molecule has 0 amide bonds. The molecule has 0 atom stereocenters. The van der Waals surface area contributed by atoms with Crippen LogP contribution >= 0.6 is 12.2 Å². The lowest BCUT2D eigenvalue weighted by molar-refractivity contribution is 0.942. The Morgan fingerprint density at radius 1 is 1.18 bits per heavy atom. The molecule has 3 heterocycles. The second-order valence-corrected chi connectivity index (χ2v) is 6.48. The molecule has 22 heavy (non-hydrogen) atoms. The summed E-state index contributed by atoms with van der Waals surface area (Å²) in [5.74, 6) is 0. The van der Waals surface area contributed by atoms with Gasteiger partial charge in [-0.05, 0) is 66.3 Å². The summed E-state index contributed by atoms with van der Waals surface area (Å²) in [5, 5.41) is 0. The first-order valence-corrected chi connectivity index (χ1v) is 8.28. The molecule has 1 aromatic heterocycles. The summed E-state index contributed by atoms with van der Waals surface area (Å²) in [6.45, 7) is 1.70. The molecule has 0 saturated heterocycles. The molecule has 112 valence electrons. The Bertz CT molecular complexity index is 754. The van der Waals surface area contributed by atoms with E-state index in [9.17, 15) is 0 Å². The van der Waals surface area contributed by atoms with E-state index in [1.54, 1.807) is 0 Å². The highest BCUT2D eigenvalue weighted by Gasteiger charge is 2.29. The van der Waals surface area contributed by atoms with E-state index in [1.165, 1.54) is 33.5 Å². The van der Waals surface area contributed by atoms with Crippen LogP contribution in [0.2, 0.25) is 0 Å². The Morgan fingerprint density at radius 2 is 2.00 bits per heavy atom. The maximum atomic E-state index is 5.75. The van der Waals surface area contributed by atoms with E-state index >= 15 is 0 Å². The van der Waals surface area contributed by atoms with Crippen molar-refractivity contribution in [2.24, 2.45) is 5.73 Å². The molecule has 0 aliphatic carbocycles. The van der Waals surface area contributed by atoms with Crippen LogP contribution in [0.25, 0.3) is 11.1 Å². The van der Waals surface area contributed by atoms with Crippen LogP contribution in [0.1, 0.15) is 23.1 Å². The highest BCUT2D eigenvalue weighted by molar-refractivity contribution is 7.80. The molecule has 4 rings (SSSR count). The van der Waals surface area contributed by atoms with Gasteiger partial charge < -0.3 is 10.6 Å². The first-order valence-electron chi connectivity index (χ1n) is 7.87. The fourth-order valence-electron chi connectivity index (χ4n) is 3.67. The lowest BCUT2D eigenvalue weighted by Crippen LogP contribution is -2.31. The minimum Gasteiger partial charge on any atom is -0.335 e. The maximum absolute atomic E-state index is 5.75. The molecule has 0 fully saturated rings. The van der Waals surface area contributed by atoms with E-state index in [2.05, 4.69) is 28.1 Å². The number of benzene rings is 1. The van der Waals surface area contributed by atoms with Crippen LogP contribution in [0.5, 0.6) is 0 Å². The van der Waals surface area contributed by atoms with Crippen LogP contribution in [0.15, 0.2) is 30.6 Å². The highest BCUT2D eigenvalue weighted by Crippen LogP contribution is 2.40. The third kappa shape index (κ3) is 2.14. The zero-order chi connectivity index (χ0) is 15.1. The second-order valence-electron chi connectivity index (χ2n) is 6.01. The monoisotopic (exact) mass is 309 g/mol. The largest absolute Gasteiger partial charge is 0.335 e. The first-order chi connectivity index (χ1) is 10.8. The van der Waals surface area contributed by atoms with Crippen LogP contribution in [0.3, 0.4) is 0 Å². The lowest BCUT2D eigenvalue weighted by atomic mass is 9.92. The molecule has 3 nitrogen and oxygen atoms in total. The normalized spacial score (nSPS) is 16.0. The van der Waals surface area contributed by atoms with Gasteiger partial charge >= 0.3 is 0 Å². The van der Waals surface area contributed by atoms with E-state index in [0.717, 1.165) is 37.2 Å². The van der Waals surface area contributed by atoms with Gasteiger partial charge in [-0.1, -0.05) is 12.2 Å². The third-order valence-electron chi connectivity index (χ3n) is 4.69. The zero-order valence-corrected chi connectivity index (χ0v) is 13.3. The molecule has 0 saturated carbocycles. The Labute approximate surface area is 136 Å². The maximum Gasteiger partial charge on any atom is 0.0827 e. The van der Waals surface area contributed by atoms with E-state index in [-0.39, 0.29) is 0 Å². The minimum absolute atomic E-state index is 0.664. The van der Waals surface area contributed by atoms with E-state index in [4.69, 9.17) is 18.0 Å². The zero-order valence-electron chi connectivity index (χ0n) is 12.5. The lowest BCUT2D eigenvalue weighted by Gasteiger charge is -2.28. The molecule has 4 heteroatoms. The summed E-state index contributed by atoms with van der Waals surface area (Å²) < 4.78 is 0. The molecule has 2 N–H and O–H groups in total. The minimum atomic E-state index is 0.664. The average molecular weight is 309 g/mol. The Balaban J connectivity index is 1.84. The number of rotatable bonds is 3. The number of aromatic nitrogens is 1. The molecule has 2 aromatic rings. The molecule has 0 bridgehead atoms. The standard InChI is InChI=1S/C18H19N3S/c19-6-3-12-4-7-20-11-16(12)15-9-13-1-2-17(22)21-8-5-14(10-15)18(13)21/h4,7,9-11H,1-3,5-6,8,19H2.